The van der Waals surface area contributed by atoms with Crippen LogP contribution in [0.1, 0.15) is 25.1 Å². The van der Waals surface area contributed by atoms with Gasteiger partial charge in [-0.15, -0.1) is 13.2 Å². The molecule has 22 heavy (non-hydrogen) atoms. The van der Waals surface area contributed by atoms with Crippen LogP contribution < -0.4 is 4.74 Å². The predicted octanol–water partition coefficient (Wildman–Crippen LogP) is 5.49. The van der Waals surface area contributed by atoms with Gasteiger partial charge >= 0.3 is 12.5 Å². The van der Waals surface area contributed by atoms with Crippen molar-refractivity contribution in [1.82, 2.24) is 4.98 Å². The third-order valence-electron chi connectivity index (χ3n) is 2.53. The van der Waals surface area contributed by atoms with E-state index < -0.39 is 29.5 Å². The topological polar surface area (TPSA) is 22.1 Å². The quantitative estimate of drug-likeness (QED) is 0.647. The first-order valence-electron chi connectivity index (χ1n) is 6.31. The molecule has 0 saturated carbocycles. The number of alkyl halides is 6. The maximum atomic E-state index is 12.6. The Hall–Kier alpha value is -1.99. The lowest BCUT2D eigenvalue weighted by molar-refractivity contribution is -0.274. The second-order valence-corrected chi connectivity index (χ2v) is 4.02. The highest BCUT2D eigenvalue weighted by Gasteiger charge is 2.35. The van der Waals surface area contributed by atoms with E-state index in [0.717, 1.165) is 12.1 Å². The Labute approximate surface area is 122 Å². The van der Waals surface area contributed by atoms with Crippen molar-refractivity contribution in [3.05, 3.63) is 35.5 Å². The van der Waals surface area contributed by atoms with Crippen molar-refractivity contribution < 1.29 is 31.1 Å². The van der Waals surface area contributed by atoms with Crippen molar-refractivity contribution in [2.75, 3.05) is 0 Å². The van der Waals surface area contributed by atoms with Crippen molar-refractivity contribution in [3.63, 3.8) is 0 Å². The van der Waals surface area contributed by atoms with Gasteiger partial charge in [-0.1, -0.05) is 26.0 Å². The molecule has 0 fully saturated rings. The molecule has 1 heterocycles. The maximum absolute atomic E-state index is 12.6. The third-order valence-corrected chi connectivity index (χ3v) is 2.53. The predicted molar refractivity (Wildman–Crippen MR) is 69.5 cm³/mol. The number of hydrogen-bond donors (Lipinski definition) is 0. The zero-order chi connectivity index (χ0) is 17.1. The monoisotopic (exact) mass is 325 g/mol. The van der Waals surface area contributed by atoms with Crippen LogP contribution in [0.2, 0.25) is 0 Å². The number of pyridine rings is 1. The molecular weight excluding hydrogens is 312 g/mol. The van der Waals surface area contributed by atoms with Crippen molar-refractivity contribution in [3.8, 4) is 5.75 Å². The van der Waals surface area contributed by atoms with E-state index in [1.54, 1.807) is 0 Å². The molecule has 2 rings (SSSR count). The third kappa shape index (κ3) is 4.25. The molecule has 0 amide bonds. The van der Waals surface area contributed by atoms with E-state index in [0.29, 0.717) is 0 Å². The van der Waals surface area contributed by atoms with E-state index in [9.17, 15) is 26.3 Å². The molecule has 0 spiro atoms. The molecule has 2 nitrogen and oxygen atoms in total. The van der Waals surface area contributed by atoms with Gasteiger partial charge in [-0.2, -0.15) is 13.2 Å². The largest absolute Gasteiger partial charge is 0.573 e. The summed E-state index contributed by atoms with van der Waals surface area (Å²) >= 11 is 0. The molecule has 0 aliphatic heterocycles. The number of benzene rings is 1. The van der Waals surface area contributed by atoms with Crippen LogP contribution in [0, 0.1) is 6.92 Å². The average Bonchev–Trinajstić information content (AvgIpc) is 2.39. The SMILES string of the molecule is CC.Cc1cc(C(F)(F)F)nc2c(OC(F)(F)F)cccc12. The van der Waals surface area contributed by atoms with Gasteiger partial charge in [0.1, 0.15) is 11.2 Å². The van der Waals surface area contributed by atoms with Crippen molar-refractivity contribution in [2.45, 2.75) is 33.3 Å². The van der Waals surface area contributed by atoms with E-state index >= 15 is 0 Å². The number of aryl methyl sites for hydroxylation is 1. The van der Waals surface area contributed by atoms with Crippen LogP contribution >= 0.6 is 0 Å². The molecular formula is C14H13F6NO. The zero-order valence-electron chi connectivity index (χ0n) is 11.9. The van der Waals surface area contributed by atoms with Crippen LogP contribution in [0.15, 0.2) is 24.3 Å². The standard InChI is InChI=1S/C12H7F6NO.C2H6/c1-6-5-9(11(13,14)15)19-10-7(6)3-2-4-8(10)20-12(16,17)18;1-2/h2-5H,1H3;1-2H3. The molecule has 0 atom stereocenters. The van der Waals surface area contributed by atoms with Crippen LogP contribution in [-0.4, -0.2) is 11.3 Å². The number of halogens is 6. The molecule has 1 aromatic heterocycles. The maximum Gasteiger partial charge on any atom is 0.573 e. The Kier molecular flexibility index (Phi) is 5.26. The molecule has 1 aromatic carbocycles. The van der Waals surface area contributed by atoms with E-state index in [1.165, 1.54) is 19.1 Å². The van der Waals surface area contributed by atoms with Crippen molar-refractivity contribution in [1.29, 1.82) is 0 Å². The number of hydrogen-bond acceptors (Lipinski definition) is 2. The van der Waals surface area contributed by atoms with Crippen LogP contribution in [0.5, 0.6) is 5.75 Å². The Morgan fingerprint density at radius 3 is 2.09 bits per heavy atom. The minimum atomic E-state index is -5.00. The summed E-state index contributed by atoms with van der Waals surface area (Å²) < 4.78 is 78.3. The van der Waals surface area contributed by atoms with Gasteiger partial charge in [0.2, 0.25) is 0 Å². The van der Waals surface area contributed by atoms with E-state index in [-0.39, 0.29) is 10.9 Å². The smallest absolute Gasteiger partial charge is 0.403 e. The highest BCUT2D eigenvalue weighted by molar-refractivity contribution is 5.87. The second kappa shape index (κ2) is 6.41. The number of rotatable bonds is 1. The number of nitrogens with zero attached hydrogens (tertiary/aromatic N) is 1. The lowest BCUT2D eigenvalue weighted by Crippen LogP contribution is -2.18. The van der Waals surface area contributed by atoms with Crippen LogP contribution in [0.25, 0.3) is 10.9 Å². The first kappa shape index (κ1) is 18.1. The molecule has 0 N–H and O–H groups in total. The lowest BCUT2D eigenvalue weighted by atomic mass is 10.1. The lowest BCUT2D eigenvalue weighted by Gasteiger charge is -2.14. The fourth-order valence-electron chi connectivity index (χ4n) is 1.74. The summed E-state index contributed by atoms with van der Waals surface area (Å²) in [5.74, 6) is -0.760. The molecule has 0 saturated heterocycles. The van der Waals surface area contributed by atoms with E-state index in [1.807, 2.05) is 13.8 Å². The fraction of sp³-hybridized carbons (Fsp3) is 0.357. The number of para-hydroxylation sites is 1. The normalized spacial score (nSPS) is 11.9. The first-order chi connectivity index (χ1) is 10.1. The first-order valence-corrected chi connectivity index (χ1v) is 6.31. The minimum Gasteiger partial charge on any atom is -0.403 e. The number of fused-ring (bicyclic) bond motifs is 1. The Bertz CT molecular complexity index is 648. The second-order valence-electron chi connectivity index (χ2n) is 4.02. The summed E-state index contributed by atoms with van der Waals surface area (Å²) in [7, 11) is 0. The van der Waals surface area contributed by atoms with E-state index in [4.69, 9.17) is 0 Å². The molecule has 0 bridgehead atoms. The summed E-state index contributed by atoms with van der Waals surface area (Å²) in [6.07, 6.45) is -9.75. The highest BCUT2D eigenvalue weighted by atomic mass is 19.4. The summed E-state index contributed by atoms with van der Waals surface area (Å²) in [6.45, 7) is 5.36. The molecule has 122 valence electrons. The number of aromatic nitrogens is 1. The molecule has 0 aliphatic carbocycles. The van der Waals surface area contributed by atoms with Crippen LogP contribution in [0.3, 0.4) is 0 Å². The molecule has 0 radical (unpaired) electrons. The Balaban J connectivity index is 0.00000116. The summed E-state index contributed by atoms with van der Waals surface area (Å²) in [4.78, 5) is 3.24. The molecule has 2 aromatic rings. The highest BCUT2D eigenvalue weighted by Crippen LogP contribution is 2.35. The van der Waals surface area contributed by atoms with Crippen LogP contribution in [-0.2, 0) is 6.18 Å². The van der Waals surface area contributed by atoms with Gasteiger partial charge in [0.15, 0.2) is 5.75 Å². The summed E-state index contributed by atoms with van der Waals surface area (Å²) in [5.41, 5.74) is -1.58. The van der Waals surface area contributed by atoms with Gasteiger partial charge in [0, 0.05) is 5.39 Å². The zero-order valence-corrected chi connectivity index (χ0v) is 11.9. The Morgan fingerprint density at radius 1 is 1.00 bits per heavy atom. The summed E-state index contributed by atoms with van der Waals surface area (Å²) in [5, 5.41) is 0.166. The van der Waals surface area contributed by atoms with Gasteiger partial charge in [0.05, 0.1) is 0 Å². The summed E-state index contributed by atoms with van der Waals surface area (Å²) in [6, 6.07) is 4.33. The molecule has 0 unspecified atom stereocenters. The van der Waals surface area contributed by atoms with Crippen molar-refractivity contribution >= 4 is 10.9 Å². The van der Waals surface area contributed by atoms with Crippen LogP contribution in [0.4, 0.5) is 26.3 Å². The number of ether oxygens (including phenoxy) is 1. The Morgan fingerprint density at radius 2 is 1.59 bits per heavy atom. The van der Waals surface area contributed by atoms with Gasteiger partial charge in [-0.3, -0.25) is 0 Å². The fourth-order valence-corrected chi connectivity index (χ4v) is 1.74. The molecule has 0 aliphatic rings. The van der Waals surface area contributed by atoms with Gasteiger partial charge < -0.3 is 4.74 Å². The van der Waals surface area contributed by atoms with E-state index in [2.05, 4.69) is 9.72 Å². The minimum absolute atomic E-state index is 0.162. The molecule has 8 heteroatoms. The average molecular weight is 325 g/mol. The van der Waals surface area contributed by atoms with Gasteiger partial charge in [-0.05, 0) is 24.6 Å². The van der Waals surface area contributed by atoms with Gasteiger partial charge in [0.25, 0.3) is 0 Å². The van der Waals surface area contributed by atoms with Crippen molar-refractivity contribution in [2.24, 2.45) is 0 Å². The van der Waals surface area contributed by atoms with Gasteiger partial charge in [-0.25, -0.2) is 4.98 Å².